The van der Waals surface area contributed by atoms with E-state index < -0.39 is 10.0 Å². The molecular weight excluding hydrogens is 272 g/mol. The molecule has 2 rings (SSSR count). The monoisotopic (exact) mass is 288 g/mol. The smallest absolute Gasteiger partial charge is 0.260 e. The third-order valence-electron chi connectivity index (χ3n) is 2.36. The Bertz CT molecular complexity index is 629. The third kappa shape index (κ3) is 2.36. The average molecular weight is 288 g/mol. The molecule has 2 N–H and O–H groups in total. The minimum atomic E-state index is -3.53. The van der Waals surface area contributed by atoms with Gasteiger partial charge in [0.2, 0.25) is 0 Å². The normalized spacial score (nSPS) is 12.1. The number of anilines is 1. The predicted octanol–water partition coefficient (Wildman–Crippen LogP) is 1.52. The van der Waals surface area contributed by atoms with Crippen molar-refractivity contribution in [3.63, 3.8) is 0 Å². The molecule has 0 spiro atoms. The van der Waals surface area contributed by atoms with Crippen molar-refractivity contribution in [1.82, 2.24) is 14.1 Å². The maximum Gasteiger partial charge on any atom is 0.260 e. The molecule has 0 saturated carbocycles. The Morgan fingerprint density at radius 2 is 2.22 bits per heavy atom. The van der Waals surface area contributed by atoms with Crippen molar-refractivity contribution in [2.75, 3.05) is 18.4 Å². The van der Waals surface area contributed by atoms with Gasteiger partial charge in [-0.3, -0.25) is 4.40 Å². The molecule has 0 aliphatic heterocycles. The van der Waals surface area contributed by atoms with Crippen LogP contribution in [0.15, 0.2) is 16.6 Å². The van der Waals surface area contributed by atoms with Crippen molar-refractivity contribution in [3.8, 4) is 0 Å². The quantitative estimate of drug-likeness (QED) is 0.845. The minimum Gasteiger partial charge on any atom is -0.368 e. The summed E-state index contributed by atoms with van der Waals surface area (Å²) in [7, 11) is -3.53. The molecule has 8 heteroatoms. The molecular formula is C10H16N4O2S2. The standard InChI is InChI=1S/C10H16N4O2S2/c1-3-5-12-18(15,16)9-8(11-4-2)13-10-14(9)6-7-17-10/h6-7,11-12H,3-5H2,1-2H3. The number of thiazole rings is 1. The lowest BCUT2D eigenvalue weighted by Gasteiger charge is -2.07. The van der Waals surface area contributed by atoms with Crippen LogP contribution in [0.5, 0.6) is 0 Å². The number of hydrogen-bond donors (Lipinski definition) is 2. The van der Waals surface area contributed by atoms with Crippen molar-refractivity contribution < 1.29 is 8.42 Å². The van der Waals surface area contributed by atoms with Crippen LogP contribution in [0.25, 0.3) is 4.96 Å². The van der Waals surface area contributed by atoms with Crippen LogP contribution in [0, 0.1) is 0 Å². The molecule has 6 nitrogen and oxygen atoms in total. The zero-order valence-corrected chi connectivity index (χ0v) is 11.9. The van der Waals surface area contributed by atoms with E-state index in [-0.39, 0.29) is 5.03 Å². The first-order valence-corrected chi connectivity index (χ1v) is 8.15. The number of fused-ring (bicyclic) bond motifs is 1. The first kappa shape index (κ1) is 13.3. The van der Waals surface area contributed by atoms with E-state index in [1.54, 1.807) is 10.6 Å². The molecule has 0 unspecified atom stereocenters. The van der Waals surface area contributed by atoms with Crippen LogP contribution in [0.4, 0.5) is 5.82 Å². The van der Waals surface area contributed by atoms with Crippen molar-refractivity contribution in [2.45, 2.75) is 25.3 Å². The molecule has 2 aromatic heterocycles. The molecule has 0 saturated heterocycles. The average Bonchev–Trinajstić information content (AvgIpc) is 2.86. The summed E-state index contributed by atoms with van der Waals surface area (Å²) in [5.41, 5.74) is 0. The summed E-state index contributed by atoms with van der Waals surface area (Å²) in [5, 5.41) is 5.00. The number of imidazole rings is 1. The number of aromatic nitrogens is 2. The molecule has 0 bridgehead atoms. The van der Waals surface area contributed by atoms with E-state index in [0.29, 0.717) is 23.9 Å². The zero-order valence-electron chi connectivity index (χ0n) is 10.3. The number of nitrogens with zero attached hydrogens (tertiary/aromatic N) is 2. The number of sulfonamides is 1. The fraction of sp³-hybridized carbons (Fsp3) is 0.500. The fourth-order valence-corrected chi connectivity index (χ4v) is 3.77. The first-order valence-electron chi connectivity index (χ1n) is 5.79. The Kier molecular flexibility index (Phi) is 3.88. The summed E-state index contributed by atoms with van der Waals surface area (Å²) in [5.74, 6) is 0.410. The fourth-order valence-electron chi connectivity index (χ4n) is 1.61. The molecule has 100 valence electrons. The van der Waals surface area contributed by atoms with Gasteiger partial charge >= 0.3 is 0 Å². The van der Waals surface area contributed by atoms with E-state index in [4.69, 9.17) is 0 Å². The molecule has 0 fully saturated rings. The summed E-state index contributed by atoms with van der Waals surface area (Å²) >= 11 is 1.41. The van der Waals surface area contributed by atoms with Gasteiger partial charge in [0.05, 0.1) is 0 Å². The highest BCUT2D eigenvalue weighted by Crippen LogP contribution is 2.25. The first-order chi connectivity index (χ1) is 8.60. The van der Waals surface area contributed by atoms with E-state index in [1.807, 2.05) is 19.2 Å². The van der Waals surface area contributed by atoms with Crippen molar-refractivity contribution >= 4 is 32.1 Å². The van der Waals surface area contributed by atoms with Gasteiger partial charge < -0.3 is 5.32 Å². The highest BCUT2D eigenvalue weighted by atomic mass is 32.2. The van der Waals surface area contributed by atoms with E-state index in [2.05, 4.69) is 15.0 Å². The minimum absolute atomic E-state index is 0.189. The Morgan fingerprint density at radius 1 is 1.44 bits per heavy atom. The lowest BCUT2D eigenvalue weighted by atomic mass is 10.5. The molecule has 0 aliphatic rings. The largest absolute Gasteiger partial charge is 0.368 e. The van der Waals surface area contributed by atoms with Gasteiger partial charge in [-0.1, -0.05) is 6.92 Å². The van der Waals surface area contributed by atoms with Crippen LogP contribution in [0.2, 0.25) is 0 Å². The Balaban J connectivity index is 2.52. The van der Waals surface area contributed by atoms with Gasteiger partial charge in [-0.25, -0.2) is 18.1 Å². The van der Waals surface area contributed by atoms with Crippen LogP contribution < -0.4 is 10.0 Å². The highest BCUT2D eigenvalue weighted by Gasteiger charge is 2.25. The molecule has 2 heterocycles. The Morgan fingerprint density at radius 3 is 2.89 bits per heavy atom. The third-order valence-corrected chi connectivity index (χ3v) is 4.60. The van der Waals surface area contributed by atoms with Gasteiger partial charge in [0.15, 0.2) is 15.8 Å². The van der Waals surface area contributed by atoms with Crippen LogP contribution in [0.3, 0.4) is 0 Å². The highest BCUT2D eigenvalue weighted by molar-refractivity contribution is 7.89. The van der Waals surface area contributed by atoms with E-state index >= 15 is 0 Å². The molecule has 0 amide bonds. The summed E-state index contributed by atoms with van der Waals surface area (Å²) in [6, 6.07) is 0. The molecule has 0 aromatic carbocycles. The predicted molar refractivity (Wildman–Crippen MR) is 72.7 cm³/mol. The molecule has 0 atom stereocenters. The van der Waals surface area contributed by atoms with Crippen molar-refractivity contribution in [3.05, 3.63) is 11.6 Å². The van der Waals surface area contributed by atoms with Gasteiger partial charge in [0.25, 0.3) is 10.0 Å². The second-order valence-electron chi connectivity index (χ2n) is 3.75. The van der Waals surface area contributed by atoms with Gasteiger partial charge in [0, 0.05) is 24.7 Å². The Labute approximate surface area is 110 Å². The summed E-state index contributed by atoms with van der Waals surface area (Å²) < 4.78 is 28.7. The molecule has 2 aromatic rings. The topological polar surface area (TPSA) is 75.5 Å². The van der Waals surface area contributed by atoms with Crippen LogP contribution in [-0.4, -0.2) is 30.9 Å². The van der Waals surface area contributed by atoms with Gasteiger partial charge in [-0.2, -0.15) is 0 Å². The summed E-state index contributed by atoms with van der Waals surface area (Å²) in [6.07, 6.45) is 2.47. The molecule has 0 radical (unpaired) electrons. The van der Waals surface area contributed by atoms with Crippen LogP contribution in [-0.2, 0) is 10.0 Å². The zero-order chi connectivity index (χ0) is 13.2. The number of nitrogens with one attached hydrogen (secondary N) is 2. The van der Waals surface area contributed by atoms with Crippen LogP contribution in [0.1, 0.15) is 20.3 Å². The van der Waals surface area contributed by atoms with Gasteiger partial charge in [0.1, 0.15) is 0 Å². The van der Waals surface area contributed by atoms with Crippen LogP contribution >= 0.6 is 11.3 Å². The summed E-state index contributed by atoms with van der Waals surface area (Å²) in [6.45, 7) is 4.88. The SMILES string of the molecule is CCCNS(=O)(=O)c1c(NCC)nc2sccn12. The molecule has 0 aliphatic carbocycles. The molecule has 18 heavy (non-hydrogen) atoms. The maximum absolute atomic E-state index is 12.3. The lowest BCUT2D eigenvalue weighted by Crippen LogP contribution is -2.26. The second kappa shape index (κ2) is 5.25. The van der Waals surface area contributed by atoms with Gasteiger partial charge in [-0.05, 0) is 13.3 Å². The Hall–Kier alpha value is -1.12. The number of hydrogen-bond acceptors (Lipinski definition) is 5. The second-order valence-corrected chi connectivity index (χ2v) is 6.30. The van der Waals surface area contributed by atoms with E-state index in [0.717, 1.165) is 6.42 Å². The number of rotatable bonds is 6. The van der Waals surface area contributed by atoms with Gasteiger partial charge in [-0.15, -0.1) is 11.3 Å². The lowest BCUT2D eigenvalue weighted by molar-refractivity contribution is 0.576. The van der Waals surface area contributed by atoms with E-state index in [9.17, 15) is 8.42 Å². The van der Waals surface area contributed by atoms with Crippen molar-refractivity contribution in [1.29, 1.82) is 0 Å². The van der Waals surface area contributed by atoms with E-state index in [1.165, 1.54) is 11.3 Å². The van der Waals surface area contributed by atoms with Crippen molar-refractivity contribution in [2.24, 2.45) is 0 Å². The summed E-state index contributed by atoms with van der Waals surface area (Å²) in [4.78, 5) is 4.96. The maximum atomic E-state index is 12.3.